The van der Waals surface area contributed by atoms with Crippen LogP contribution in [0.25, 0.3) is 0 Å². The number of carbonyl (C=O) groups excluding carboxylic acids is 1. The Bertz CT molecular complexity index is 547. The average molecular weight is 293 g/mol. The lowest BCUT2D eigenvalue weighted by molar-refractivity contribution is -0.385. The van der Waals surface area contributed by atoms with E-state index in [1.54, 1.807) is 0 Å². The fourth-order valence-corrected chi connectivity index (χ4v) is 2.59. The maximum absolute atomic E-state index is 12.2. The van der Waals surface area contributed by atoms with Gasteiger partial charge in [0, 0.05) is 30.8 Å². The van der Waals surface area contributed by atoms with Gasteiger partial charge in [0.2, 0.25) is 0 Å². The summed E-state index contributed by atoms with van der Waals surface area (Å²) in [6.45, 7) is 3.17. The minimum absolute atomic E-state index is 0.00744. The second kappa shape index (κ2) is 6.53. The highest BCUT2D eigenvalue weighted by Gasteiger charge is 2.28. The van der Waals surface area contributed by atoms with Gasteiger partial charge in [-0.05, 0) is 25.0 Å². The minimum Gasteiger partial charge on any atom is -0.399 e. The molecular formula is C14H19N3O4. The number of benzene rings is 1. The molecule has 0 saturated carbocycles. The van der Waals surface area contributed by atoms with Crippen molar-refractivity contribution in [3.63, 3.8) is 0 Å². The van der Waals surface area contributed by atoms with Crippen molar-refractivity contribution in [2.24, 2.45) is 5.92 Å². The summed E-state index contributed by atoms with van der Waals surface area (Å²) >= 11 is 0. The molecule has 1 aromatic rings. The van der Waals surface area contributed by atoms with Crippen LogP contribution in [-0.2, 0) is 4.74 Å². The molecule has 1 heterocycles. The van der Waals surface area contributed by atoms with Gasteiger partial charge in [-0.25, -0.2) is 0 Å². The minimum atomic E-state index is -0.581. The van der Waals surface area contributed by atoms with E-state index in [0.717, 1.165) is 12.8 Å². The zero-order valence-electron chi connectivity index (χ0n) is 11.9. The molecule has 0 radical (unpaired) electrons. The summed E-state index contributed by atoms with van der Waals surface area (Å²) in [6, 6.07) is 3.99. The van der Waals surface area contributed by atoms with E-state index in [4.69, 9.17) is 10.5 Å². The van der Waals surface area contributed by atoms with Gasteiger partial charge < -0.3 is 15.8 Å². The standard InChI is InChI=1S/C14H19N3O4/c1-2-13-9(5-6-21-13)8-16-14(18)11-7-10(15)3-4-12(11)17(19)20/h3-4,7,9,13H,2,5-6,8,15H2,1H3,(H,16,18). The summed E-state index contributed by atoms with van der Waals surface area (Å²) in [6.07, 6.45) is 1.91. The molecular weight excluding hydrogens is 274 g/mol. The first kappa shape index (κ1) is 15.2. The number of nitrogens with two attached hydrogens (primary N) is 1. The average Bonchev–Trinajstić information content (AvgIpc) is 2.91. The molecule has 2 rings (SSSR count). The molecule has 2 unspecified atom stereocenters. The fourth-order valence-electron chi connectivity index (χ4n) is 2.59. The number of rotatable bonds is 5. The predicted molar refractivity (Wildman–Crippen MR) is 78.0 cm³/mol. The van der Waals surface area contributed by atoms with E-state index in [2.05, 4.69) is 5.32 Å². The Morgan fingerprint density at radius 3 is 3.00 bits per heavy atom. The SMILES string of the molecule is CCC1OCCC1CNC(=O)c1cc(N)ccc1[N+](=O)[O-]. The first-order valence-corrected chi connectivity index (χ1v) is 6.96. The highest BCUT2D eigenvalue weighted by Crippen LogP contribution is 2.24. The second-order valence-corrected chi connectivity index (χ2v) is 5.11. The van der Waals surface area contributed by atoms with Crippen LogP contribution in [0, 0.1) is 16.0 Å². The van der Waals surface area contributed by atoms with E-state index in [-0.39, 0.29) is 23.3 Å². The Kier molecular flexibility index (Phi) is 4.74. The van der Waals surface area contributed by atoms with Crippen molar-refractivity contribution in [2.45, 2.75) is 25.9 Å². The lowest BCUT2D eigenvalue weighted by Crippen LogP contribution is -2.33. The molecule has 3 N–H and O–H groups in total. The summed E-state index contributed by atoms with van der Waals surface area (Å²) in [5.74, 6) is -0.227. The van der Waals surface area contributed by atoms with Crippen LogP contribution in [0.15, 0.2) is 18.2 Å². The summed E-state index contributed by atoms with van der Waals surface area (Å²) in [5.41, 5.74) is 5.68. The Labute approximate surface area is 122 Å². The van der Waals surface area contributed by atoms with Crippen LogP contribution in [0.5, 0.6) is 0 Å². The van der Waals surface area contributed by atoms with Gasteiger partial charge in [-0.2, -0.15) is 0 Å². The molecule has 0 aromatic heterocycles. The van der Waals surface area contributed by atoms with Gasteiger partial charge in [0.1, 0.15) is 5.56 Å². The number of nitrogens with zero attached hydrogens (tertiary/aromatic N) is 1. The highest BCUT2D eigenvalue weighted by atomic mass is 16.6. The number of anilines is 1. The molecule has 0 bridgehead atoms. The molecule has 1 aliphatic rings. The maximum Gasteiger partial charge on any atom is 0.282 e. The van der Waals surface area contributed by atoms with Crippen molar-refractivity contribution >= 4 is 17.3 Å². The number of nitrogens with one attached hydrogen (secondary N) is 1. The van der Waals surface area contributed by atoms with E-state index in [0.29, 0.717) is 18.8 Å². The maximum atomic E-state index is 12.2. The van der Waals surface area contributed by atoms with Crippen LogP contribution < -0.4 is 11.1 Å². The molecule has 0 spiro atoms. The van der Waals surface area contributed by atoms with Gasteiger partial charge in [-0.15, -0.1) is 0 Å². The van der Waals surface area contributed by atoms with E-state index in [1.165, 1.54) is 18.2 Å². The van der Waals surface area contributed by atoms with Crippen LogP contribution in [0.1, 0.15) is 30.1 Å². The van der Waals surface area contributed by atoms with Gasteiger partial charge in [0.05, 0.1) is 11.0 Å². The van der Waals surface area contributed by atoms with Gasteiger partial charge in [0.25, 0.3) is 11.6 Å². The van der Waals surface area contributed by atoms with Gasteiger partial charge in [-0.1, -0.05) is 6.92 Å². The van der Waals surface area contributed by atoms with Gasteiger partial charge >= 0.3 is 0 Å². The number of hydrogen-bond acceptors (Lipinski definition) is 5. The zero-order valence-corrected chi connectivity index (χ0v) is 11.9. The summed E-state index contributed by atoms with van der Waals surface area (Å²) in [7, 11) is 0. The Balaban J connectivity index is 2.06. The molecule has 21 heavy (non-hydrogen) atoms. The Hall–Kier alpha value is -2.15. The quantitative estimate of drug-likeness (QED) is 0.488. The second-order valence-electron chi connectivity index (χ2n) is 5.11. The Morgan fingerprint density at radius 2 is 2.33 bits per heavy atom. The van der Waals surface area contributed by atoms with Crippen molar-refractivity contribution in [2.75, 3.05) is 18.9 Å². The molecule has 1 amide bonds. The number of nitro benzene ring substituents is 1. The smallest absolute Gasteiger partial charge is 0.282 e. The van der Waals surface area contributed by atoms with Gasteiger partial charge in [-0.3, -0.25) is 14.9 Å². The molecule has 1 fully saturated rings. The molecule has 2 atom stereocenters. The highest BCUT2D eigenvalue weighted by molar-refractivity contribution is 5.99. The third-order valence-corrected chi connectivity index (χ3v) is 3.74. The number of nitro groups is 1. The molecule has 7 heteroatoms. The number of carbonyl (C=O) groups is 1. The number of hydrogen-bond donors (Lipinski definition) is 2. The first-order valence-electron chi connectivity index (χ1n) is 6.96. The number of nitrogen functional groups attached to an aromatic ring is 1. The van der Waals surface area contributed by atoms with Crippen LogP contribution in [0.2, 0.25) is 0 Å². The molecule has 1 aliphatic heterocycles. The first-order chi connectivity index (χ1) is 10.0. The van der Waals surface area contributed by atoms with E-state index < -0.39 is 10.8 Å². The summed E-state index contributed by atoms with van der Waals surface area (Å²) in [4.78, 5) is 22.5. The van der Waals surface area contributed by atoms with E-state index >= 15 is 0 Å². The third kappa shape index (κ3) is 3.49. The molecule has 7 nitrogen and oxygen atoms in total. The largest absolute Gasteiger partial charge is 0.399 e. The van der Waals surface area contributed by atoms with Crippen molar-refractivity contribution in [3.8, 4) is 0 Å². The normalized spacial score (nSPS) is 21.2. The molecule has 114 valence electrons. The summed E-state index contributed by atoms with van der Waals surface area (Å²) < 4.78 is 5.55. The fraction of sp³-hybridized carbons (Fsp3) is 0.500. The molecule has 1 aromatic carbocycles. The summed E-state index contributed by atoms with van der Waals surface area (Å²) in [5, 5.41) is 13.7. The predicted octanol–water partition coefficient (Wildman–Crippen LogP) is 1.72. The Morgan fingerprint density at radius 1 is 1.57 bits per heavy atom. The topological polar surface area (TPSA) is 107 Å². The van der Waals surface area contributed by atoms with Crippen molar-refractivity contribution in [3.05, 3.63) is 33.9 Å². The lowest BCUT2D eigenvalue weighted by Gasteiger charge is -2.17. The van der Waals surface area contributed by atoms with Crippen LogP contribution in [0.4, 0.5) is 11.4 Å². The zero-order chi connectivity index (χ0) is 15.4. The number of ether oxygens (including phenoxy) is 1. The van der Waals surface area contributed by atoms with E-state index in [1.807, 2.05) is 6.92 Å². The van der Waals surface area contributed by atoms with E-state index in [9.17, 15) is 14.9 Å². The van der Waals surface area contributed by atoms with Crippen molar-refractivity contribution in [1.82, 2.24) is 5.32 Å². The van der Waals surface area contributed by atoms with Crippen molar-refractivity contribution in [1.29, 1.82) is 0 Å². The van der Waals surface area contributed by atoms with Gasteiger partial charge in [0.15, 0.2) is 0 Å². The number of amides is 1. The van der Waals surface area contributed by atoms with Crippen LogP contribution in [0.3, 0.4) is 0 Å². The molecule has 1 saturated heterocycles. The monoisotopic (exact) mass is 293 g/mol. The molecule has 0 aliphatic carbocycles. The van der Waals surface area contributed by atoms with Crippen LogP contribution in [-0.4, -0.2) is 30.1 Å². The van der Waals surface area contributed by atoms with Crippen molar-refractivity contribution < 1.29 is 14.5 Å². The third-order valence-electron chi connectivity index (χ3n) is 3.74. The lowest BCUT2D eigenvalue weighted by atomic mass is 9.99. The van der Waals surface area contributed by atoms with Crippen LogP contribution >= 0.6 is 0 Å².